The van der Waals surface area contributed by atoms with Crippen molar-refractivity contribution in [2.75, 3.05) is 12.4 Å². The molecule has 0 aliphatic carbocycles. The molecule has 0 bridgehead atoms. The van der Waals surface area contributed by atoms with Gasteiger partial charge < -0.3 is 10.1 Å². The van der Waals surface area contributed by atoms with Crippen LogP contribution in [-0.2, 0) is 11.3 Å². The van der Waals surface area contributed by atoms with E-state index in [4.69, 9.17) is 4.74 Å². The van der Waals surface area contributed by atoms with Crippen molar-refractivity contribution >= 4 is 33.1 Å². The van der Waals surface area contributed by atoms with Gasteiger partial charge in [0.15, 0.2) is 0 Å². The van der Waals surface area contributed by atoms with Crippen LogP contribution in [0.1, 0.15) is 10.7 Å². The van der Waals surface area contributed by atoms with E-state index in [0.717, 1.165) is 16.0 Å². The topological polar surface area (TPSA) is 73.2 Å². The van der Waals surface area contributed by atoms with E-state index in [1.54, 1.807) is 50.4 Å². The molecule has 1 amide bonds. The molecule has 2 aromatic carbocycles. The van der Waals surface area contributed by atoms with Crippen LogP contribution in [0.25, 0.3) is 21.3 Å². The van der Waals surface area contributed by atoms with Gasteiger partial charge in [0, 0.05) is 16.1 Å². The number of thiophene rings is 1. The molecule has 2 aromatic heterocycles. The second kappa shape index (κ2) is 8.31. The maximum Gasteiger partial charge on any atom is 0.263 e. The fourth-order valence-corrected chi connectivity index (χ4v) is 4.55. The van der Waals surface area contributed by atoms with Gasteiger partial charge in [-0.15, -0.1) is 11.3 Å². The highest BCUT2D eigenvalue weighted by Gasteiger charge is 2.19. The fraction of sp³-hybridized carbons (Fsp3) is 0.174. The summed E-state index contributed by atoms with van der Waals surface area (Å²) in [4.78, 5) is 32.0. The monoisotopic (exact) mass is 437 g/mol. The van der Waals surface area contributed by atoms with Gasteiger partial charge in [0.25, 0.3) is 5.56 Å². The Morgan fingerprint density at radius 2 is 1.81 bits per heavy atom. The summed E-state index contributed by atoms with van der Waals surface area (Å²) in [5.74, 6) is 0.449. The molecule has 0 spiro atoms. The Hall–Kier alpha value is -3.52. The third-order valence-corrected chi connectivity index (χ3v) is 5.99. The highest BCUT2D eigenvalue weighted by Crippen LogP contribution is 2.35. The Labute approximate surface area is 181 Å². The lowest BCUT2D eigenvalue weighted by atomic mass is 10.0. The molecular weight excluding hydrogens is 417 g/mol. The summed E-state index contributed by atoms with van der Waals surface area (Å²) in [5.41, 5.74) is 1.77. The zero-order valence-electron chi connectivity index (χ0n) is 17.2. The van der Waals surface area contributed by atoms with E-state index in [2.05, 4.69) is 10.3 Å². The van der Waals surface area contributed by atoms with Crippen molar-refractivity contribution in [1.29, 1.82) is 0 Å². The van der Waals surface area contributed by atoms with Gasteiger partial charge in [-0.05, 0) is 55.8 Å². The van der Waals surface area contributed by atoms with Gasteiger partial charge >= 0.3 is 0 Å². The number of aryl methyl sites for hydroxylation is 2. The molecule has 1 N–H and O–H groups in total. The molecule has 158 valence electrons. The maximum absolute atomic E-state index is 13.4. The molecule has 2 heterocycles. The minimum absolute atomic E-state index is 0.169. The molecule has 0 aliphatic rings. The number of fused-ring (bicyclic) bond motifs is 1. The number of rotatable bonds is 5. The zero-order chi connectivity index (χ0) is 22.1. The molecule has 0 unspecified atom stereocenters. The number of nitrogens with zero attached hydrogens (tertiary/aromatic N) is 2. The Morgan fingerprint density at radius 3 is 2.45 bits per heavy atom. The summed E-state index contributed by atoms with van der Waals surface area (Å²) in [5, 5.41) is 3.22. The molecule has 0 atom stereocenters. The summed E-state index contributed by atoms with van der Waals surface area (Å²) in [6, 6.07) is 12.9. The lowest BCUT2D eigenvalue weighted by molar-refractivity contribution is -0.116. The van der Waals surface area contributed by atoms with Crippen molar-refractivity contribution in [1.82, 2.24) is 9.55 Å². The lowest BCUT2D eigenvalue weighted by Crippen LogP contribution is -2.30. The third-order valence-electron chi connectivity index (χ3n) is 4.99. The first-order valence-corrected chi connectivity index (χ1v) is 10.4. The Morgan fingerprint density at radius 1 is 1.13 bits per heavy atom. The molecular formula is C23H20FN3O3S. The minimum atomic E-state index is -0.345. The van der Waals surface area contributed by atoms with E-state index in [-0.39, 0.29) is 23.8 Å². The standard InChI is InChI=1S/C23H20FN3O3S/c1-13-20(15-4-6-16(24)7-5-15)21-22(31-13)25-14(2)27(23(21)29)12-19(28)26-17-8-10-18(30-3)11-9-17/h4-11H,12H2,1-3H3,(H,26,28). The van der Waals surface area contributed by atoms with Gasteiger partial charge in [0.05, 0.1) is 12.5 Å². The van der Waals surface area contributed by atoms with E-state index < -0.39 is 0 Å². The minimum Gasteiger partial charge on any atom is -0.497 e. The number of carbonyl (C=O) groups excluding carboxylic acids is 1. The summed E-state index contributed by atoms with van der Waals surface area (Å²) in [6.45, 7) is 3.44. The number of methoxy groups -OCH3 is 1. The number of ether oxygens (including phenoxy) is 1. The Balaban J connectivity index is 1.71. The van der Waals surface area contributed by atoms with Gasteiger partial charge in [0.2, 0.25) is 5.91 Å². The average molecular weight is 437 g/mol. The number of hydrogen-bond donors (Lipinski definition) is 1. The van der Waals surface area contributed by atoms with Crippen LogP contribution in [0.2, 0.25) is 0 Å². The normalized spacial score (nSPS) is 11.0. The molecule has 31 heavy (non-hydrogen) atoms. The first-order chi connectivity index (χ1) is 14.9. The third kappa shape index (κ3) is 4.06. The van der Waals surface area contributed by atoms with E-state index in [1.165, 1.54) is 28.0 Å². The van der Waals surface area contributed by atoms with Crippen molar-refractivity contribution in [3.63, 3.8) is 0 Å². The number of halogens is 1. The van der Waals surface area contributed by atoms with Crippen LogP contribution in [0.4, 0.5) is 10.1 Å². The van der Waals surface area contributed by atoms with Crippen molar-refractivity contribution in [3.8, 4) is 16.9 Å². The summed E-state index contributed by atoms with van der Waals surface area (Å²) in [6.07, 6.45) is 0. The first kappa shape index (κ1) is 20.7. The first-order valence-electron chi connectivity index (χ1n) is 9.57. The number of amides is 1. The lowest BCUT2D eigenvalue weighted by Gasteiger charge is -2.11. The summed E-state index contributed by atoms with van der Waals surface area (Å²) >= 11 is 1.41. The predicted octanol–water partition coefficient (Wildman–Crippen LogP) is 4.53. The van der Waals surface area contributed by atoms with Gasteiger partial charge in [-0.2, -0.15) is 0 Å². The molecule has 0 saturated heterocycles. The highest BCUT2D eigenvalue weighted by molar-refractivity contribution is 7.19. The molecule has 6 nitrogen and oxygen atoms in total. The van der Waals surface area contributed by atoms with Crippen molar-refractivity contribution < 1.29 is 13.9 Å². The number of carbonyl (C=O) groups is 1. The highest BCUT2D eigenvalue weighted by atomic mass is 32.1. The van der Waals surface area contributed by atoms with Crippen molar-refractivity contribution in [3.05, 3.63) is 75.4 Å². The number of benzene rings is 2. The predicted molar refractivity (Wildman–Crippen MR) is 120 cm³/mol. The van der Waals surface area contributed by atoms with Crippen LogP contribution in [0.5, 0.6) is 5.75 Å². The van der Waals surface area contributed by atoms with Crippen LogP contribution < -0.4 is 15.6 Å². The van der Waals surface area contributed by atoms with E-state index in [0.29, 0.717) is 27.5 Å². The van der Waals surface area contributed by atoms with Gasteiger partial charge in [-0.25, -0.2) is 9.37 Å². The zero-order valence-corrected chi connectivity index (χ0v) is 18.0. The average Bonchev–Trinajstić information content (AvgIpc) is 3.08. The number of aromatic nitrogens is 2. The van der Waals surface area contributed by atoms with E-state index >= 15 is 0 Å². The summed E-state index contributed by atoms with van der Waals surface area (Å²) < 4.78 is 19.9. The molecule has 4 rings (SSSR count). The second-order valence-corrected chi connectivity index (χ2v) is 8.25. The SMILES string of the molecule is COc1ccc(NC(=O)Cn2c(C)nc3sc(C)c(-c4ccc(F)cc4)c3c2=O)cc1. The second-order valence-electron chi connectivity index (χ2n) is 7.05. The quantitative estimate of drug-likeness (QED) is 0.498. The molecule has 0 aliphatic heterocycles. The number of hydrogen-bond acceptors (Lipinski definition) is 5. The van der Waals surface area contributed by atoms with E-state index in [1.807, 2.05) is 6.92 Å². The van der Waals surface area contributed by atoms with Crippen molar-refractivity contribution in [2.45, 2.75) is 20.4 Å². The largest absolute Gasteiger partial charge is 0.497 e. The van der Waals surface area contributed by atoms with Crippen LogP contribution in [0.3, 0.4) is 0 Å². The molecule has 0 saturated carbocycles. The van der Waals surface area contributed by atoms with Gasteiger partial charge in [-0.1, -0.05) is 12.1 Å². The Kier molecular flexibility index (Phi) is 5.56. The van der Waals surface area contributed by atoms with Crippen LogP contribution in [-0.4, -0.2) is 22.6 Å². The molecule has 8 heteroatoms. The van der Waals surface area contributed by atoms with Crippen molar-refractivity contribution in [2.24, 2.45) is 0 Å². The fourth-order valence-electron chi connectivity index (χ4n) is 3.47. The Bertz CT molecular complexity index is 1330. The number of nitrogens with one attached hydrogen (secondary N) is 1. The summed E-state index contributed by atoms with van der Waals surface area (Å²) in [7, 11) is 1.57. The molecule has 4 aromatic rings. The van der Waals surface area contributed by atoms with Crippen LogP contribution in [0, 0.1) is 19.7 Å². The van der Waals surface area contributed by atoms with Gasteiger partial charge in [-0.3, -0.25) is 14.2 Å². The van der Waals surface area contributed by atoms with Gasteiger partial charge in [0.1, 0.15) is 28.8 Å². The molecule has 0 fully saturated rings. The van der Waals surface area contributed by atoms with E-state index in [9.17, 15) is 14.0 Å². The van der Waals surface area contributed by atoms with Crippen LogP contribution >= 0.6 is 11.3 Å². The number of anilines is 1. The molecule has 0 radical (unpaired) electrons. The smallest absolute Gasteiger partial charge is 0.263 e. The van der Waals surface area contributed by atoms with Crippen LogP contribution in [0.15, 0.2) is 53.3 Å². The maximum atomic E-state index is 13.4.